The zero-order valence-electron chi connectivity index (χ0n) is 12.2. The van der Waals surface area contributed by atoms with Gasteiger partial charge in [-0.2, -0.15) is 5.26 Å². The van der Waals surface area contributed by atoms with Crippen LogP contribution in [-0.4, -0.2) is 40.5 Å². The van der Waals surface area contributed by atoms with E-state index in [0.717, 1.165) is 0 Å². The third-order valence-corrected chi connectivity index (χ3v) is 4.96. The van der Waals surface area contributed by atoms with E-state index >= 15 is 0 Å². The van der Waals surface area contributed by atoms with Gasteiger partial charge in [-0.25, -0.2) is 4.79 Å². The van der Waals surface area contributed by atoms with E-state index in [2.05, 4.69) is 5.16 Å². The maximum absolute atomic E-state index is 12.7. The predicted octanol–water partition coefficient (Wildman–Crippen LogP) is 2.75. The number of amides is 2. The molecule has 2 aliphatic heterocycles. The molecule has 1 aromatic carbocycles. The molecule has 2 aliphatic rings. The summed E-state index contributed by atoms with van der Waals surface area (Å²) in [5, 5.41) is 21.9. The lowest BCUT2D eigenvalue weighted by molar-refractivity contribution is 0.221. The van der Waals surface area contributed by atoms with Crippen LogP contribution in [0.1, 0.15) is 24.5 Å². The van der Waals surface area contributed by atoms with Gasteiger partial charge in [-0.05, 0) is 31.5 Å². The zero-order chi connectivity index (χ0) is 16.0. The molecule has 2 atom stereocenters. The Hall–Kier alpha value is -2.26. The van der Waals surface area contributed by atoms with Crippen molar-refractivity contribution in [1.29, 1.82) is 5.26 Å². The fourth-order valence-corrected chi connectivity index (χ4v) is 3.56. The average Bonchev–Trinajstić information content (AvgIpc) is 3.04. The van der Waals surface area contributed by atoms with Gasteiger partial charge in [0, 0.05) is 13.0 Å². The minimum absolute atomic E-state index is 0.125. The number of carbonyl (C=O) groups is 1. The van der Waals surface area contributed by atoms with Crippen LogP contribution in [0.5, 0.6) is 0 Å². The largest absolute Gasteiger partial charge is 0.411 e. The highest BCUT2D eigenvalue weighted by atomic mass is 35.5. The monoisotopic (exact) mass is 318 g/mol. The molecular weight excluding hydrogens is 304 g/mol. The molecule has 0 aliphatic carbocycles. The van der Waals surface area contributed by atoms with Crippen LogP contribution in [0.4, 0.5) is 10.5 Å². The second-order valence-electron chi connectivity index (χ2n) is 5.56. The summed E-state index contributed by atoms with van der Waals surface area (Å²) in [5.41, 5.74) is 2.40. The average molecular weight is 319 g/mol. The van der Waals surface area contributed by atoms with Gasteiger partial charge < -0.3 is 10.1 Å². The summed E-state index contributed by atoms with van der Waals surface area (Å²) in [7, 11) is 0. The van der Waals surface area contributed by atoms with Gasteiger partial charge in [0.1, 0.15) is 6.07 Å². The van der Waals surface area contributed by atoms with Crippen molar-refractivity contribution >= 4 is 29.0 Å². The first-order chi connectivity index (χ1) is 10.5. The lowest BCUT2D eigenvalue weighted by Crippen LogP contribution is -2.37. The molecule has 0 radical (unpaired) electrons. The maximum Gasteiger partial charge on any atom is 0.325 e. The molecule has 0 aromatic heterocycles. The van der Waals surface area contributed by atoms with Crippen LogP contribution >= 0.6 is 11.6 Å². The number of carbonyl (C=O) groups excluding carboxylic acids is 1. The molecule has 6 nitrogen and oxygen atoms in total. The summed E-state index contributed by atoms with van der Waals surface area (Å²) in [6.07, 6.45) is 0.595. The number of fused-ring (bicyclic) bond motifs is 1. The highest BCUT2D eigenvalue weighted by molar-refractivity contribution is 6.33. The van der Waals surface area contributed by atoms with E-state index in [1.807, 2.05) is 13.0 Å². The van der Waals surface area contributed by atoms with Crippen molar-refractivity contribution in [3.05, 3.63) is 28.3 Å². The Kier molecular flexibility index (Phi) is 3.45. The molecule has 1 aromatic rings. The molecule has 2 saturated heterocycles. The molecule has 1 N–H and O–H groups in total. The highest BCUT2D eigenvalue weighted by Crippen LogP contribution is 2.38. The lowest BCUT2D eigenvalue weighted by Gasteiger charge is -2.25. The summed E-state index contributed by atoms with van der Waals surface area (Å²) >= 11 is 6.21. The van der Waals surface area contributed by atoms with Gasteiger partial charge >= 0.3 is 6.03 Å². The number of rotatable bonds is 1. The van der Waals surface area contributed by atoms with Crippen molar-refractivity contribution in [2.24, 2.45) is 5.16 Å². The van der Waals surface area contributed by atoms with E-state index in [1.165, 1.54) is 0 Å². The van der Waals surface area contributed by atoms with Crippen molar-refractivity contribution in [2.75, 3.05) is 11.4 Å². The second-order valence-corrected chi connectivity index (χ2v) is 5.93. The molecule has 22 heavy (non-hydrogen) atoms. The van der Waals surface area contributed by atoms with Crippen LogP contribution in [0.25, 0.3) is 0 Å². The first kappa shape index (κ1) is 14.7. The number of nitriles is 1. The first-order valence-electron chi connectivity index (χ1n) is 7.01. The van der Waals surface area contributed by atoms with Crippen LogP contribution in [0, 0.1) is 18.3 Å². The van der Waals surface area contributed by atoms with Gasteiger partial charge in [-0.15, -0.1) is 0 Å². The molecule has 7 heteroatoms. The van der Waals surface area contributed by atoms with E-state index in [9.17, 15) is 4.79 Å². The molecule has 0 spiro atoms. The summed E-state index contributed by atoms with van der Waals surface area (Å²) < 4.78 is 0. The van der Waals surface area contributed by atoms with Crippen LogP contribution < -0.4 is 4.90 Å². The Bertz CT molecular complexity index is 725. The molecule has 3 rings (SSSR count). The van der Waals surface area contributed by atoms with E-state index in [1.54, 1.807) is 28.9 Å². The predicted molar refractivity (Wildman–Crippen MR) is 82.6 cm³/mol. The van der Waals surface area contributed by atoms with E-state index in [-0.39, 0.29) is 18.1 Å². The number of hydrogen-bond donors (Lipinski definition) is 1. The Labute approximate surface area is 133 Å². The zero-order valence-corrected chi connectivity index (χ0v) is 13.0. The van der Waals surface area contributed by atoms with Crippen LogP contribution in [0.2, 0.25) is 5.02 Å². The smallest absolute Gasteiger partial charge is 0.325 e. The number of halogens is 1. The van der Waals surface area contributed by atoms with E-state index in [0.29, 0.717) is 40.5 Å². The van der Waals surface area contributed by atoms with Crippen LogP contribution in [0.3, 0.4) is 0 Å². The normalized spacial score (nSPS) is 25.7. The number of nitrogens with zero attached hydrogens (tertiary/aromatic N) is 4. The Balaban J connectivity index is 2.06. The number of hydrogen-bond acceptors (Lipinski definition) is 4. The molecule has 0 bridgehead atoms. The summed E-state index contributed by atoms with van der Waals surface area (Å²) in [6, 6.07) is 4.89. The number of urea groups is 1. The summed E-state index contributed by atoms with van der Waals surface area (Å²) in [6.45, 7) is 4.26. The van der Waals surface area contributed by atoms with Crippen molar-refractivity contribution in [1.82, 2.24) is 4.90 Å². The highest BCUT2D eigenvalue weighted by Gasteiger charge is 2.50. The maximum atomic E-state index is 12.7. The Morgan fingerprint density at radius 2 is 2.23 bits per heavy atom. The summed E-state index contributed by atoms with van der Waals surface area (Å²) in [5.74, 6) is 0. The van der Waals surface area contributed by atoms with Crippen LogP contribution in [-0.2, 0) is 0 Å². The van der Waals surface area contributed by atoms with Crippen LogP contribution in [0.15, 0.2) is 17.3 Å². The molecule has 0 saturated carbocycles. The van der Waals surface area contributed by atoms with E-state index < -0.39 is 0 Å². The fraction of sp³-hybridized carbons (Fsp3) is 0.400. The molecule has 2 amide bonds. The first-order valence-corrected chi connectivity index (χ1v) is 7.39. The third kappa shape index (κ3) is 1.86. The van der Waals surface area contributed by atoms with Gasteiger partial charge in [0.05, 0.1) is 34.1 Å². The molecule has 0 unspecified atom stereocenters. The lowest BCUT2D eigenvalue weighted by atomic mass is 10.0. The van der Waals surface area contributed by atoms with Gasteiger partial charge in [-0.1, -0.05) is 16.8 Å². The van der Waals surface area contributed by atoms with Crippen molar-refractivity contribution in [3.63, 3.8) is 0 Å². The molecular formula is C15H15ClN4O2. The Morgan fingerprint density at radius 1 is 1.50 bits per heavy atom. The third-order valence-electron chi connectivity index (χ3n) is 4.47. The number of benzene rings is 1. The Morgan fingerprint density at radius 3 is 2.86 bits per heavy atom. The minimum Gasteiger partial charge on any atom is -0.411 e. The van der Waals surface area contributed by atoms with Crippen molar-refractivity contribution in [2.45, 2.75) is 32.4 Å². The van der Waals surface area contributed by atoms with Gasteiger partial charge in [0.2, 0.25) is 0 Å². The van der Waals surface area contributed by atoms with Crippen molar-refractivity contribution in [3.8, 4) is 6.07 Å². The quantitative estimate of drug-likeness (QED) is 0.638. The van der Waals surface area contributed by atoms with Gasteiger partial charge in [0.25, 0.3) is 0 Å². The van der Waals surface area contributed by atoms with Gasteiger partial charge in [-0.3, -0.25) is 4.90 Å². The number of oxime groups is 1. The molecule has 2 heterocycles. The summed E-state index contributed by atoms with van der Waals surface area (Å²) in [4.78, 5) is 16.1. The van der Waals surface area contributed by atoms with Crippen molar-refractivity contribution < 1.29 is 10.0 Å². The standard InChI is InChI=1S/C15H15ClN4O2/c1-8-12(4-3-10(7-17)13(8)16)20-9(2)14-11(18-22)5-6-19(14)15(20)21/h3-4,9,14,22H,5-6H2,1-2H3/t9-,14+/m0/s1. The number of anilines is 1. The van der Waals surface area contributed by atoms with E-state index in [4.69, 9.17) is 22.1 Å². The van der Waals surface area contributed by atoms with Gasteiger partial charge in [0.15, 0.2) is 0 Å². The fourth-order valence-electron chi connectivity index (χ4n) is 3.36. The SMILES string of the molecule is Cc1c(N2C(=O)N3CCC(=NO)[C@H]3[C@@H]2C)ccc(C#N)c1Cl. The second kappa shape index (κ2) is 5.18. The topological polar surface area (TPSA) is 79.9 Å². The molecule has 2 fully saturated rings. The minimum atomic E-state index is -0.216. The molecule has 114 valence electrons.